The van der Waals surface area contributed by atoms with E-state index in [1.54, 1.807) is 6.20 Å². The zero-order chi connectivity index (χ0) is 14.7. The molecule has 1 heterocycles. The second kappa shape index (κ2) is 5.85. The highest BCUT2D eigenvalue weighted by Gasteiger charge is 2.18. The van der Waals surface area contributed by atoms with E-state index in [0.29, 0.717) is 12.0 Å². The number of hydrogen-bond donors (Lipinski definition) is 1. The predicted molar refractivity (Wildman–Crippen MR) is 84.2 cm³/mol. The average molecular weight is 276 g/mol. The summed E-state index contributed by atoms with van der Waals surface area (Å²) in [5.41, 5.74) is 8.63. The number of Topliss-reactive ketones (excluding diaryl/α,β-unsaturated/α-hetero) is 1. The Kier molecular flexibility index (Phi) is 3.75. The first-order chi connectivity index (χ1) is 10.3. The van der Waals surface area contributed by atoms with Crippen molar-refractivity contribution in [2.75, 3.05) is 0 Å². The van der Waals surface area contributed by atoms with Crippen molar-refractivity contribution in [2.45, 2.75) is 12.5 Å². The smallest absolute Gasteiger partial charge is 0.180 e. The third-order valence-electron chi connectivity index (χ3n) is 3.55. The molecule has 2 aromatic carbocycles. The minimum absolute atomic E-state index is 0.0440. The van der Waals surface area contributed by atoms with Crippen LogP contribution in [0.4, 0.5) is 0 Å². The number of fused-ring (bicyclic) bond motifs is 1. The van der Waals surface area contributed by atoms with Crippen molar-refractivity contribution in [3.05, 3.63) is 78.0 Å². The van der Waals surface area contributed by atoms with E-state index in [1.165, 1.54) is 0 Å². The van der Waals surface area contributed by atoms with E-state index >= 15 is 0 Å². The van der Waals surface area contributed by atoms with Crippen molar-refractivity contribution in [1.29, 1.82) is 0 Å². The molecular formula is C18H16N2O. The van der Waals surface area contributed by atoms with Gasteiger partial charge in [-0.1, -0.05) is 48.5 Å². The van der Waals surface area contributed by atoms with Crippen LogP contribution in [0.1, 0.15) is 15.9 Å². The number of ketones is 1. The van der Waals surface area contributed by atoms with Crippen LogP contribution in [0, 0.1) is 0 Å². The molecular weight excluding hydrogens is 260 g/mol. The zero-order valence-corrected chi connectivity index (χ0v) is 11.6. The monoisotopic (exact) mass is 276 g/mol. The predicted octanol–water partition coefficient (Wildman–Crippen LogP) is 2.99. The van der Waals surface area contributed by atoms with E-state index in [0.717, 1.165) is 16.5 Å². The van der Waals surface area contributed by atoms with E-state index in [-0.39, 0.29) is 5.78 Å². The van der Waals surface area contributed by atoms with Crippen LogP contribution >= 0.6 is 0 Å². The first-order valence-electron chi connectivity index (χ1n) is 6.93. The van der Waals surface area contributed by atoms with Crippen LogP contribution in [0.2, 0.25) is 0 Å². The Labute approximate surface area is 123 Å². The summed E-state index contributed by atoms with van der Waals surface area (Å²) >= 11 is 0. The molecule has 104 valence electrons. The summed E-state index contributed by atoms with van der Waals surface area (Å²) in [6.07, 6.45) is 2.26. The van der Waals surface area contributed by atoms with Crippen LogP contribution in [-0.4, -0.2) is 16.8 Å². The minimum Gasteiger partial charge on any atom is -0.321 e. The third-order valence-corrected chi connectivity index (χ3v) is 3.55. The molecule has 0 saturated heterocycles. The molecule has 0 fully saturated rings. The van der Waals surface area contributed by atoms with Crippen LogP contribution in [0.3, 0.4) is 0 Å². The molecule has 0 aliphatic rings. The molecule has 0 saturated carbocycles. The first kappa shape index (κ1) is 13.5. The number of carbonyl (C=O) groups is 1. The van der Waals surface area contributed by atoms with Gasteiger partial charge in [-0.05, 0) is 24.1 Å². The van der Waals surface area contributed by atoms with Gasteiger partial charge < -0.3 is 5.73 Å². The van der Waals surface area contributed by atoms with Gasteiger partial charge in [0.15, 0.2) is 5.78 Å². The van der Waals surface area contributed by atoms with Gasteiger partial charge in [-0.3, -0.25) is 9.78 Å². The Balaban J connectivity index is 1.90. The largest absolute Gasteiger partial charge is 0.321 e. The molecule has 0 spiro atoms. The lowest BCUT2D eigenvalue weighted by molar-refractivity contribution is 0.0962. The number of nitrogens with two attached hydrogens (primary N) is 1. The molecule has 0 bridgehead atoms. The quantitative estimate of drug-likeness (QED) is 0.745. The van der Waals surface area contributed by atoms with Crippen LogP contribution in [0.5, 0.6) is 0 Å². The number of benzene rings is 2. The maximum Gasteiger partial charge on any atom is 0.180 e. The Morgan fingerprint density at radius 3 is 2.62 bits per heavy atom. The highest BCUT2D eigenvalue weighted by atomic mass is 16.1. The average Bonchev–Trinajstić information content (AvgIpc) is 2.54. The topological polar surface area (TPSA) is 56.0 Å². The first-order valence-corrected chi connectivity index (χ1v) is 6.93. The van der Waals surface area contributed by atoms with E-state index < -0.39 is 6.04 Å². The molecule has 3 aromatic rings. The molecule has 0 amide bonds. The summed E-state index contributed by atoms with van der Waals surface area (Å²) in [7, 11) is 0. The minimum atomic E-state index is -0.543. The zero-order valence-electron chi connectivity index (χ0n) is 11.6. The molecule has 3 rings (SSSR count). The second-order valence-electron chi connectivity index (χ2n) is 5.04. The molecule has 2 N–H and O–H groups in total. The fourth-order valence-electron chi connectivity index (χ4n) is 2.48. The summed E-state index contributed by atoms with van der Waals surface area (Å²) in [4.78, 5) is 16.9. The molecule has 1 atom stereocenters. The van der Waals surface area contributed by atoms with Crippen LogP contribution in [0.25, 0.3) is 10.9 Å². The van der Waals surface area contributed by atoms with Gasteiger partial charge in [0, 0.05) is 17.1 Å². The SMILES string of the molecule is NC(Cc1ccccc1)C(=O)c1cccc2ncccc12. The number of hydrogen-bond acceptors (Lipinski definition) is 3. The van der Waals surface area contributed by atoms with Gasteiger partial charge >= 0.3 is 0 Å². The van der Waals surface area contributed by atoms with Crippen LogP contribution in [0.15, 0.2) is 66.9 Å². The molecule has 3 nitrogen and oxygen atoms in total. The lowest BCUT2D eigenvalue weighted by Gasteiger charge is -2.12. The molecule has 0 radical (unpaired) electrons. The summed E-state index contributed by atoms with van der Waals surface area (Å²) in [6.45, 7) is 0. The van der Waals surface area contributed by atoms with Gasteiger partial charge in [-0.25, -0.2) is 0 Å². The van der Waals surface area contributed by atoms with Crippen LogP contribution in [-0.2, 0) is 6.42 Å². The molecule has 1 aromatic heterocycles. The summed E-state index contributed by atoms with van der Waals surface area (Å²) in [5.74, 6) is -0.0440. The highest BCUT2D eigenvalue weighted by Crippen LogP contribution is 2.18. The van der Waals surface area contributed by atoms with Gasteiger partial charge in [-0.2, -0.15) is 0 Å². The van der Waals surface area contributed by atoms with Gasteiger partial charge in [0.1, 0.15) is 0 Å². The Morgan fingerprint density at radius 1 is 1.00 bits per heavy atom. The van der Waals surface area contributed by atoms with Crippen molar-refractivity contribution in [3.8, 4) is 0 Å². The third kappa shape index (κ3) is 2.83. The normalized spacial score (nSPS) is 12.2. The molecule has 3 heteroatoms. The number of aromatic nitrogens is 1. The lowest BCUT2D eigenvalue weighted by Crippen LogP contribution is -2.32. The Bertz CT molecular complexity index is 763. The summed E-state index contributed by atoms with van der Waals surface area (Å²) in [5, 5.41) is 0.855. The fourth-order valence-corrected chi connectivity index (χ4v) is 2.48. The van der Waals surface area contributed by atoms with Gasteiger partial charge in [-0.15, -0.1) is 0 Å². The number of carbonyl (C=O) groups excluding carboxylic acids is 1. The van der Waals surface area contributed by atoms with Crippen molar-refractivity contribution < 1.29 is 4.79 Å². The number of pyridine rings is 1. The van der Waals surface area contributed by atoms with Crippen molar-refractivity contribution in [3.63, 3.8) is 0 Å². The molecule has 0 aliphatic heterocycles. The van der Waals surface area contributed by atoms with E-state index in [9.17, 15) is 4.79 Å². The fraction of sp³-hybridized carbons (Fsp3) is 0.111. The molecule has 1 unspecified atom stereocenters. The van der Waals surface area contributed by atoms with Gasteiger partial charge in [0.25, 0.3) is 0 Å². The van der Waals surface area contributed by atoms with E-state index in [1.807, 2.05) is 60.7 Å². The molecule has 21 heavy (non-hydrogen) atoms. The van der Waals surface area contributed by atoms with E-state index in [4.69, 9.17) is 5.73 Å². The highest BCUT2D eigenvalue weighted by molar-refractivity contribution is 6.09. The van der Waals surface area contributed by atoms with Gasteiger partial charge in [0.2, 0.25) is 0 Å². The Hall–Kier alpha value is -2.52. The number of nitrogens with zero attached hydrogens (tertiary/aromatic N) is 1. The van der Waals surface area contributed by atoms with Crippen LogP contribution < -0.4 is 5.73 Å². The molecule has 0 aliphatic carbocycles. The lowest BCUT2D eigenvalue weighted by atomic mass is 9.96. The van der Waals surface area contributed by atoms with Crippen molar-refractivity contribution in [2.24, 2.45) is 5.73 Å². The van der Waals surface area contributed by atoms with Crippen molar-refractivity contribution in [1.82, 2.24) is 4.98 Å². The Morgan fingerprint density at radius 2 is 1.81 bits per heavy atom. The van der Waals surface area contributed by atoms with Gasteiger partial charge in [0.05, 0.1) is 11.6 Å². The maximum absolute atomic E-state index is 12.6. The summed E-state index contributed by atoms with van der Waals surface area (Å²) in [6, 6.07) is 18.6. The van der Waals surface area contributed by atoms with Crippen molar-refractivity contribution >= 4 is 16.7 Å². The standard InChI is InChI=1S/C18H16N2O/c19-16(12-13-6-2-1-3-7-13)18(21)15-8-4-10-17-14(15)9-5-11-20-17/h1-11,16H,12,19H2. The maximum atomic E-state index is 12.6. The van der Waals surface area contributed by atoms with E-state index in [2.05, 4.69) is 4.98 Å². The second-order valence-corrected chi connectivity index (χ2v) is 5.04. The number of rotatable bonds is 4. The summed E-state index contributed by atoms with van der Waals surface area (Å²) < 4.78 is 0.